The number of nitrogens with zero attached hydrogens (tertiary/aromatic N) is 1. The second-order valence-electron chi connectivity index (χ2n) is 5.55. The van der Waals surface area contributed by atoms with Crippen molar-refractivity contribution in [3.63, 3.8) is 0 Å². The van der Waals surface area contributed by atoms with Crippen molar-refractivity contribution >= 4 is 16.7 Å². The molecule has 1 atom stereocenters. The minimum atomic E-state index is -0.556. The number of H-pyrrole nitrogens is 1. The van der Waals surface area contributed by atoms with E-state index in [1.54, 1.807) is 6.33 Å². The van der Waals surface area contributed by atoms with Gasteiger partial charge in [0.05, 0.1) is 18.1 Å². The smallest absolute Gasteiger partial charge is 0.237 e. The Balaban J connectivity index is 1.59. The summed E-state index contributed by atoms with van der Waals surface area (Å²) in [4.78, 5) is 19.2. The van der Waals surface area contributed by atoms with Gasteiger partial charge in [0.25, 0.3) is 0 Å². The van der Waals surface area contributed by atoms with Crippen LogP contribution in [-0.2, 0) is 17.6 Å². The predicted octanol–water partition coefficient (Wildman–Crippen LogP) is 1.79. The molecule has 0 saturated heterocycles. The quantitative estimate of drug-likeness (QED) is 0.649. The van der Waals surface area contributed by atoms with Gasteiger partial charge >= 0.3 is 0 Å². The molecule has 118 valence electrons. The second kappa shape index (κ2) is 7.07. The first kappa shape index (κ1) is 15.2. The van der Waals surface area contributed by atoms with Crippen LogP contribution in [0.2, 0.25) is 0 Å². The fourth-order valence-corrected chi connectivity index (χ4v) is 2.67. The van der Waals surface area contributed by atoms with E-state index in [4.69, 9.17) is 5.73 Å². The van der Waals surface area contributed by atoms with Gasteiger partial charge in [-0.3, -0.25) is 4.79 Å². The van der Waals surface area contributed by atoms with Gasteiger partial charge in [0.1, 0.15) is 0 Å². The summed E-state index contributed by atoms with van der Waals surface area (Å²) in [7, 11) is 0. The van der Waals surface area contributed by atoms with Crippen LogP contribution in [0.4, 0.5) is 0 Å². The number of carbonyl (C=O) groups is 1. The highest BCUT2D eigenvalue weighted by molar-refractivity contribution is 5.87. The van der Waals surface area contributed by atoms with Crippen molar-refractivity contribution in [3.05, 3.63) is 66.2 Å². The Morgan fingerprint density at radius 2 is 2.04 bits per heavy atom. The van der Waals surface area contributed by atoms with Gasteiger partial charge in [0.15, 0.2) is 0 Å². The number of rotatable bonds is 6. The van der Waals surface area contributed by atoms with E-state index in [1.165, 1.54) is 0 Å². The molecular weight excluding hydrogens is 288 g/mol. The summed E-state index contributed by atoms with van der Waals surface area (Å²) < 4.78 is 0. The number of amides is 1. The number of aromatic amines is 1. The van der Waals surface area contributed by atoms with Crippen molar-refractivity contribution in [1.82, 2.24) is 15.3 Å². The third kappa shape index (κ3) is 3.76. The molecule has 1 aromatic heterocycles. The van der Waals surface area contributed by atoms with E-state index >= 15 is 0 Å². The molecule has 3 aromatic rings. The molecular formula is C18H20N4O. The van der Waals surface area contributed by atoms with E-state index in [1.807, 2.05) is 30.5 Å². The Bertz CT molecular complexity index is 777. The SMILES string of the molecule is N[C@@H](Cc1cccc2ccccc12)C(=O)NCCc1c[nH]cn1. The lowest BCUT2D eigenvalue weighted by Gasteiger charge is -2.13. The molecule has 0 aliphatic rings. The average molecular weight is 308 g/mol. The highest BCUT2D eigenvalue weighted by Gasteiger charge is 2.15. The Hall–Kier alpha value is -2.66. The number of hydrogen-bond acceptors (Lipinski definition) is 3. The summed E-state index contributed by atoms with van der Waals surface area (Å²) in [5.41, 5.74) is 8.09. The number of nitrogens with one attached hydrogen (secondary N) is 2. The number of benzene rings is 2. The third-order valence-electron chi connectivity index (χ3n) is 3.89. The number of aromatic nitrogens is 2. The Labute approximate surface area is 134 Å². The topological polar surface area (TPSA) is 83.8 Å². The van der Waals surface area contributed by atoms with E-state index in [0.717, 1.165) is 22.0 Å². The van der Waals surface area contributed by atoms with Crippen LogP contribution in [0.25, 0.3) is 10.8 Å². The molecule has 1 heterocycles. The second-order valence-corrected chi connectivity index (χ2v) is 5.55. The zero-order valence-corrected chi connectivity index (χ0v) is 12.8. The normalized spacial score (nSPS) is 12.2. The molecule has 0 unspecified atom stereocenters. The number of carbonyl (C=O) groups excluding carboxylic acids is 1. The average Bonchev–Trinajstić information content (AvgIpc) is 3.08. The Kier molecular flexibility index (Phi) is 4.68. The molecule has 0 saturated carbocycles. The fraction of sp³-hybridized carbons (Fsp3) is 0.222. The van der Waals surface area contributed by atoms with Gasteiger partial charge in [0.2, 0.25) is 5.91 Å². The molecule has 0 fully saturated rings. The molecule has 2 aromatic carbocycles. The Morgan fingerprint density at radius 1 is 1.22 bits per heavy atom. The van der Waals surface area contributed by atoms with Crippen LogP contribution in [0.5, 0.6) is 0 Å². The standard InChI is InChI=1S/C18H20N4O/c19-17(18(23)21-9-8-15-11-20-12-22-15)10-14-6-3-5-13-4-1-2-7-16(13)14/h1-7,11-12,17H,8-10,19H2,(H,20,22)(H,21,23)/t17-/m0/s1. The monoisotopic (exact) mass is 308 g/mol. The van der Waals surface area contributed by atoms with Gasteiger partial charge < -0.3 is 16.0 Å². The van der Waals surface area contributed by atoms with E-state index < -0.39 is 6.04 Å². The van der Waals surface area contributed by atoms with Crippen molar-refractivity contribution in [1.29, 1.82) is 0 Å². The van der Waals surface area contributed by atoms with Crippen LogP contribution in [0.15, 0.2) is 55.0 Å². The summed E-state index contributed by atoms with van der Waals surface area (Å²) in [5, 5.41) is 5.18. The van der Waals surface area contributed by atoms with Crippen LogP contribution in [0.1, 0.15) is 11.3 Å². The van der Waals surface area contributed by atoms with Crippen LogP contribution in [0.3, 0.4) is 0 Å². The molecule has 0 aliphatic heterocycles. The first-order valence-corrected chi connectivity index (χ1v) is 7.71. The van der Waals surface area contributed by atoms with E-state index in [2.05, 4.69) is 33.5 Å². The van der Waals surface area contributed by atoms with E-state index in [9.17, 15) is 4.79 Å². The first-order chi connectivity index (χ1) is 11.2. The molecule has 0 bridgehead atoms. The minimum absolute atomic E-state index is 0.131. The van der Waals surface area contributed by atoms with Crippen LogP contribution < -0.4 is 11.1 Å². The molecule has 4 N–H and O–H groups in total. The maximum atomic E-state index is 12.1. The number of nitrogens with two attached hydrogens (primary N) is 1. The van der Waals surface area contributed by atoms with Crippen molar-refractivity contribution in [3.8, 4) is 0 Å². The van der Waals surface area contributed by atoms with Crippen molar-refractivity contribution in [2.75, 3.05) is 6.54 Å². The molecule has 3 rings (SSSR count). The van der Waals surface area contributed by atoms with Gasteiger partial charge in [-0.2, -0.15) is 0 Å². The molecule has 0 radical (unpaired) electrons. The lowest BCUT2D eigenvalue weighted by atomic mass is 9.99. The van der Waals surface area contributed by atoms with Crippen molar-refractivity contribution in [2.24, 2.45) is 5.73 Å². The molecule has 23 heavy (non-hydrogen) atoms. The molecule has 5 heteroatoms. The number of fused-ring (bicyclic) bond motifs is 1. The van der Waals surface area contributed by atoms with Gasteiger partial charge in [-0.15, -0.1) is 0 Å². The Morgan fingerprint density at radius 3 is 2.87 bits per heavy atom. The van der Waals surface area contributed by atoms with E-state index in [-0.39, 0.29) is 5.91 Å². The summed E-state index contributed by atoms with van der Waals surface area (Å²) in [6.45, 7) is 0.535. The third-order valence-corrected chi connectivity index (χ3v) is 3.89. The zero-order chi connectivity index (χ0) is 16.1. The molecule has 5 nitrogen and oxygen atoms in total. The summed E-state index contributed by atoms with van der Waals surface area (Å²) in [6, 6.07) is 13.7. The molecule has 0 aliphatic carbocycles. The van der Waals surface area contributed by atoms with Gasteiger partial charge in [-0.05, 0) is 22.8 Å². The zero-order valence-electron chi connectivity index (χ0n) is 12.8. The van der Waals surface area contributed by atoms with Crippen LogP contribution in [-0.4, -0.2) is 28.5 Å². The highest BCUT2D eigenvalue weighted by Crippen LogP contribution is 2.19. The fourth-order valence-electron chi connectivity index (χ4n) is 2.67. The maximum Gasteiger partial charge on any atom is 0.237 e. The van der Waals surface area contributed by atoms with Crippen molar-refractivity contribution < 1.29 is 4.79 Å². The van der Waals surface area contributed by atoms with Crippen molar-refractivity contribution in [2.45, 2.75) is 18.9 Å². The molecule has 1 amide bonds. The highest BCUT2D eigenvalue weighted by atomic mass is 16.2. The first-order valence-electron chi connectivity index (χ1n) is 7.71. The largest absolute Gasteiger partial charge is 0.354 e. The van der Waals surface area contributed by atoms with E-state index in [0.29, 0.717) is 19.4 Å². The number of hydrogen-bond donors (Lipinski definition) is 3. The van der Waals surface area contributed by atoms with Gasteiger partial charge in [-0.25, -0.2) is 4.98 Å². The summed E-state index contributed by atoms with van der Waals surface area (Å²) in [6.07, 6.45) is 4.66. The van der Waals surface area contributed by atoms with Crippen LogP contribution >= 0.6 is 0 Å². The lowest BCUT2D eigenvalue weighted by molar-refractivity contribution is -0.122. The summed E-state index contributed by atoms with van der Waals surface area (Å²) in [5.74, 6) is -0.131. The lowest BCUT2D eigenvalue weighted by Crippen LogP contribution is -2.42. The van der Waals surface area contributed by atoms with Gasteiger partial charge in [0, 0.05) is 19.2 Å². The number of imidazole rings is 1. The molecule has 0 spiro atoms. The van der Waals surface area contributed by atoms with Gasteiger partial charge in [-0.1, -0.05) is 42.5 Å². The van der Waals surface area contributed by atoms with Crippen LogP contribution in [0, 0.1) is 0 Å². The maximum absolute atomic E-state index is 12.1. The predicted molar refractivity (Wildman–Crippen MR) is 90.9 cm³/mol. The summed E-state index contributed by atoms with van der Waals surface area (Å²) >= 11 is 0. The minimum Gasteiger partial charge on any atom is -0.354 e.